The lowest BCUT2D eigenvalue weighted by atomic mass is 10.1. The van der Waals surface area contributed by atoms with E-state index in [0.29, 0.717) is 30.1 Å². The summed E-state index contributed by atoms with van der Waals surface area (Å²) >= 11 is 1.65. The number of methoxy groups -OCH3 is 1. The minimum atomic E-state index is -0.348. The third-order valence-electron chi connectivity index (χ3n) is 5.35. The van der Waals surface area contributed by atoms with Gasteiger partial charge in [-0.25, -0.2) is 4.79 Å². The average Bonchev–Trinajstić information content (AvgIpc) is 2.82. The third-order valence-corrected chi connectivity index (χ3v) is 6.10. The molecule has 0 aromatic heterocycles. The maximum absolute atomic E-state index is 13.0. The van der Waals surface area contributed by atoms with E-state index in [2.05, 4.69) is 20.9 Å². The fourth-order valence-corrected chi connectivity index (χ4v) is 4.10. The van der Waals surface area contributed by atoms with E-state index in [9.17, 15) is 9.59 Å². The number of amides is 3. The van der Waals surface area contributed by atoms with Gasteiger partial charge in [-0.1, -0.05) is 0 Å². The molecule has 0 unspecified atom stereocenters. The second-order valence-corrected chi connectivity index (χ2v) is 8.57. The van der Waals surface area contributed by atoms with Gasteiger partial charge in [-0.3, -0.25) is 4.79 Å². The fourth-order valence-electron chi connectivity index (χ4n) is 3.69. The number of nitrogens with one attached hydrogen (secondary N) is 3. The first-order valence-electron chi connectivity index (χ1n) is 11.0. The Kier molecular flexibility index (Phi) is 9.25. The molecule has 2 aromatic carbocycles. The van der Waals surface area contributed by atoms with Crippen LogP contribution in [0, 0.1) is 0 Å². The largest absolute Gasteiger partial charge is 0.385 e. The number of thioether (sulfide) groups is 1. The van der Waals surface area contributed by atoms with E-state index in [1.54, 1.807) is 24.9 Å². The molecule has 32 heavy (non-hydrogen) atoms. The molecule has 0 bridgehead atoms. The topological polar surface area (TPSA) is 82.7 Å². The van der Waals surface area contributed by atoms with Crippen LogP contribution in [0.1, 0.15) is 36.0 Å². The highest BCUT2D eigenvalue weighted by molar-refractivity contribution is 7.98. The van der Waals surface area contributed by atoms with Crippen molar-refractivity contribution in [2.24, 2.45) is 0 Å². The number of hydrogen-bond donors (Lipinski definition) is 3. The van der Waals surface area contributed by atoms with Gasteiger partial charge in [-0.2, -0.15) is 0 Å². The number of ether oxygens (including phenoxy) is 1. The standard InChI is InChI=1S/C24H32N4O3S/c1-31-16-6-13-25-23(29)21-17-19(9-12-22(21)28-14-4-3-5-15-28)27-24(30)26-18-7-10-20(32-2)11-8-18/h7-12,17H,3-6,13-16H2,1-2H3,(H,25,29)(H2,26,27,30). The van der Waals surface area contributed by atoms with Gasteiger partial charge in [0, 0.05) is 55.3 Å². The zero-order valence-electron chi connectivity index (χ0n) is 18.8. The molecule has 1 heterocycles. The van der Waals surface area contributed by atoms with Crippen LogP contribution in [-0.2, 0) is 4.74 Å². The van der Waals surface area contributed by atoms with Crippen LogP contribution in [0.5, 0.6) is 0 Å². The molecule has 0 aliphatic carbocycles. The highest BCUT2D eigenvalue weighted by Crippen LogP contribution is 2.27. The predicted octanol–water partition coefficient (Wildman–Crippen LogP) is 4.81. The summed E-state index contributed by atoms with van der Waals surface area (Å²) in [5, 5.41) is 8.65. The van der Waals surface area contributed by atoms with Gasteiger partial charge in [0.15, 0.2) is 0 Å². The Morgan fingerprint density at radius 1 is 1.00 bits per heavy atom. The summed E-state index contributed by atoms with van der Waals surface area (Å²) in [5.74, 6) is -0.140. The van der Waals surface area contributed by atoms with Gasteiger partial charge in [0.05, 0.1) is 5.56 Å². The van der Waals surface area contributed by atoms with E-state index in [-0.39, 0.29) is 11.9 Å². The molecular weight excluding hydrogens is 424 g/mol. The smallest absolute Gasteiger partial charge is 0.323 e. The first kappa shape index (κ1) is 23.9. The SMILES string of the molecule is COCCCNC(=O)c1cc(NC(=O)Nc2ccc(SC)cc2)ccc1N1CCCCC1. The molecule has 8 heteroatoms. The van der Waals surface area contributed by atoms with Gasteiger partial charge >= 0.3 is 6.03 Å². The Labute approximate surface area is 194 Å². The molecule has 1 saturated heterocycles. The van der Waals surface area contributed by atoms with Crippen molar-refractivity contribution in [3.8, 4) is 0 Å². The summed E-state index contributed by atoms with van der Waals surface area (Å²) in [7, 11) is 1.65. The van der Waals surface area contributed by atoms with Gasteiger partial charge < -0.3 is 25.6 Å². The number of piperidine rings is 1. The number of rotatable bonds is 9. The van der Waals surface area contributed by atoms with Crippen molar-refractivity contribution >= 4 is 40.8 Å². The molecule has 2 aromatic rings. The molecule has 7 nitrogen and oxygen atoms in total. The quantitative estimate of drug-likeness (QED) is 0.373. The van der Waals surface area contributed by atoms with Crippen molar-refractivity contribution in [3.05, 3.63) is 48.0 Å². The highest BCUT2D eigenvalue weighted by atomic mass is 32.2. The lowest BCUT2D eigenvalue weighted by molar-refractivity contribution is 0.0949. The van der Waals surface area contributed by atoms with Gasteiger partial charge in [0.2, 0.25) is 0 Å². The number of nitrogens with zero attached hydrogens (tertiary/aromatic N) is 1. The lowest BCUT2D eigenvalue weighted by Crippen LogP contribution is -2.33. The molecule has 1 aliphatic rings. The molecule has 1 fully saturated rings. The molecular formula is C24H32N4O3S. The van der Waals surface area contributed by atoms with Crippen LogP contribution in [0.2, 0.25) is 0 Å². The van der Waals surface area contributed by atoms with E-state index < -0.39 is 0 Å². The molecule has 3 amide bonds. The third kappa shape index (κ3) is 6.90. The summed E-state index contributed by atoms with van der Waals surface area (Å²) in [6.45, 7) is 3.00. The van der Waals surface area contributed by atoms with Crippen molar-refractivity contribution in [2.75, 3.05) is 55.1 Å². The Hall–Kier alpha value is -2.71. The van der Waals surface area contributed by atoms with Crippen molar-refractivity contribution < 1.29 is 14.3 Å². The summed E-state index contributed by atoms with van der Waals surface area (Å²) < 4.78 is 5.06. The highest BCUT2D eigenvalue weighted by Gasteiger charge is 2.19. The normalized spacial score (nSPS) is 13.5. The maximum atomic E-state index is 13.0. The summed E-state index contributed by atoms with van der Waals surface area (Å²) in [6.07, 6.45) is 6.21. The van der Waals surface area contributed by atoms with E-state index in [1.807, 2.05) is 42.7 Å². The lowest BCUT2D eigenvalue weighted by Gasteiger charge is -2.30. The average molecular weight is 457 g/mol. The second-order valence-electron chi connectivity index (χ2n) is 7.69. The van der Waals surface area contributed by atoms with Crippen molar-refractivity contribution in [1.82, 2.24) is 5.32 Å². The molecule has 1 aliphatic heterocycles. The summed E-state index contributed by atoms with van der Waals surface area (Å²) in [6, 6.07) is 12.8. The van der Waals surface area contributed by atoms with Gasteiger partial charge in [0.1, 0.15) is 0 Å². The Morgan fingerprint density at radius 3 is 2.38 bits per heavy atom. The number of carbonyl (C=O) groups is 2. The van der Waals surface area contributed by atoms with Gasteiger partial charge in [-0.15, -0.1) is 11.8 Å². The summed E-state index contributed by atoms with van der Waals surface area (Å²) in [4.78, 5) is 28.8. The van der Waals surface area contributed by atoms with Crippen LogP contribution in [0.25, 0.3) is 0 Å². The minimum Gasteiger partial charge on any atom is -0.385 e. The van der Waals surface area contributed by atoms with Crippen LogP contribution in [0.15, 0.2) is 47.4 Å². The minimum absolute atomic E-state index is 0.140. The van der Waals surface area contributed by atoms with Gasteiger partial charge in [-0.05, 0) is 74.4 Å². The van der Waals surface area contributed by atoms with Crippen LogP contribution in [0.3, 0.4) is 0 Å². The Morgan fingerprint density at radius 2 is 1.69 bits per heavy atom. The maximum Gasteiger partial charge on any atom is 0.323 e. The monoisotopic (exact) mass is 456 g/mol. The molecule has 3 rings (SSSR count). The molecule has 3 N–H and O–H groups in total. The zero-order chi connectivity index (χ0) is 22.8. The predicted molar refractivity (Wildman–Crippen MR) is 132 cm³/mol. The van der Waals surface area contributed by atoms with Crippen LogP contribution >= 0.6 is 11.8 Å². The van der Waals surface area contributed by atoms with Gasteiger partial charge in [0.25, 0.3) is 5.91 Å². The Bertz CT molecular complexity index is 899. The molecule has 172 valence electrons. The second kappa shape index (κ2) is 12.4. The zero-order valence-corrected chi connectivity index (χ0v) is 19.6. The van der Waals surface area contributed by atoms with Crippen LogP contribution < -0.4 is 20.9 Å². The van der Waals surface area contributed by atoms with Crippen molar-refractivity contribution in [1.29, 1.82) is 0 Å². The van der Waals surface area contributed by atoms with Crippen molar-refractivity contribution in [2.45, 2.75) is 30.6 Å². The number of anilines is 3. The number of urea groups is 1. The first-order valence-corrected chi connectivity index (χ1v) is 12.2. The molecule has 0 saturated carbocycles. The molecule has 0 atom stereocenters. The fraction of sp³-hybridized carbons (Fsp3) is 0.417. The summed E-state index contributed by atoms with van der Waals surface area (Å²) in [5.41, 5.74) is 2.77. The number of carbonyl (C=O) groups excluding carboxylic acids is 2. The van der Waals surface area contributed by atoms with E-state index in [4.69, 9.17) is 4.74 Å². The first-order chi connectivity index (χ1) is 15.6. The van der Waals surface area contributed by atoms with Crippen molar-refractivity contribution in [3.63, 3.8) is 0 Å². The van der Waals surface area contributed by atoms with Crippen LogP contribution in [-0.4, -0.2) is 51.5 Å². The van der Waals surface area contributed by atoms with Crippen LogP contribution in [0.4, 0.5) is 21.9 Å². The van der Waals surface area contributed by atoms with E-state index in [0.717, 1.165) is 42.9 Å². The molecule has 0 spiro atoms. The Balaban J connectivity index is 1.72. The molecule has 0 radical (unpaired) electrons. The van der Waals surface area contributed by atoms with E-state index in [1.165, 1.54) is 6.42 Å². The number of benzene rings is 2. The van der Waals surface area contributed by atoms with E-state index >= 15 is 0 Å². The number of hydrogen-bond acceptors (Lipinski definition) is 5.